The zero-order chi connectivity index (χ0) is 8.10. The second kappa shape index (κ2) is 4.34. The Bertz CT molecular complexity index is 127. The van der Waals surface area contributed by atoms with Crippen molar-refractivity contribution in [2.75, 3.05) is 13.2 Å². The molecule has 3 heteroatoms. The SMILES string of the molecule is O=C(O)CC[C@@H]1CCCOC1. The van der Waals surface area contributed by atoms with Gasteiger partial charge in [-0.05, 0) is 25.2 Å². The predicted molar refractivity (Wildman–Crippen MR) is 40.4 cm³/mol. The van der Waals surface area contributed by atoms with Gasteiger partial charge in [-0.15, -0.1) is 0 Å². The predicted octanol–water partition coefficient (Wildman–Crippen LogP) is 1.28. The fraction of sp³-hybridized carbons (Fsp3) is 0.875. The van der Waals surface area contributed by atoms with Crippen molar-refractivity contribution in [3.8, 4) is 0 Å². The number of carbonyl (C=O) groups is 1. The van der Waals surface area contributed by atoms with Crippen LogP contribution >= 0.6 is 0 Å². The van der Waals surface area contributed by atoms with Crippen molar-refractivity contribution in [1.29, 1.82) is 0 Å². The molecule has 0 bridgehead atoms. The van der Waals surface area contributed by atoms with Gasteiger partial charge in [0.05, 0.1) is 0 Å². The number of carboxylic acid groups (broad SMARTS) is 1. The molecule has 0 radical (unpaired) electrons. The summed E-state index contributed by atoms with van der Waals surface area (Å²) in [6.07, 6.45) is 3.28. The summed E-state index contributed by atoms with van der Waals surface area (Å²) in [4.78, 5) is 10.2. The minimum Gasteiger partial charge on any atom is -0.481 e. The van der Waals surface area contributed by atoms with Crippen LogP contribution in [0.5, 0.6) is 0 Å². The molecule has 0 amide bonds. The molecule has 1 N–H and O–H groups in total. The first-order valence-electron chi connectivity index (χ1n) is 4.08. The van der Waals surface area contributed by atoms with Crippen molar-refractivity contribution >= 4 is 5.97 Å². The molecule has 0 saturated carbocycles. The number of aliphatic carboxylic acids is 1. The van der Waals surface area contributed by atoms with Crippen molar-refractivity contribution in [3.05, 3.63) is 0 Å². The average Bonchev–Trinajstić information content (AvgIpc) is 2.03. The van der Waals surface area contributed by atoms with Crippen LogP contribution < -0.4 is 0 Å². The van der Waals surface area contributed by atoms with Gasteiger partial charge in [-0.1, -0.05) is 0 Å². The number of hydrogen-bond donors (Lipinski definition) is 1. The minimum atomic E-state index is -0.699. The van der Waals surface area contributed by atoms with E-state index in [0.29, 0.717) is 5.92 Å². The molecule has 1 heterocycles. The van der Waals surface area contributed by atoms with Gasteiger partial charge in [0.2, 0.25) is 0 Å². The van der Waals surface area contributed by atoms with Crippen LogP contribution in [-0.2, 0) is 9.53 Å². The molecular formula is C8H14O3. The van der Waals surface area contributed by atoms with Crippen LogP contribution in [0.25, 0.3) is 0 Å². The van der Waals surface area contributed by atoms with Crippen LogP contribution in [0.15, 0.2) is 0 Å². The fourth-order valence-electron chi connectivity index (χ4n) is 1.36. The lowest BCUT2D eigenvalue weighted by Gasteiger charge is -2.20. The zero-order valence-electron chi connectivity index (χ0n) is 6.58. The summed E-state index contributed by atoms with van der Waals surface area (Å²) in [7, 11) is 0. The highest BCUT2D eigenvalue weighted by molar-refractivity contribution is 5.66. The molecule has 1 rings (SSSR count). The number of hydrogen-bond acceptors (Lipinski definition) is 2. The number of carboxylic acids is 1. The number of ether oxygens (including phenoxy) is 1. The quantitative estimate of drug-likeness (QED) is 0.673. The summed E-state index contributed by atoms with van der Waals surface area (Å²) in [6.45, 7) is 1.61. The van der Waals surface area contributed by atoms with Crippen LogP contribution in [0, 0.1) is 5.92 Å². The van der Waals surface area contributed by atoms with E-state index in [1.54, 1.807) is 0 Å². The highest BCUT2D eigenvalue weighted by Crippen LogP contribution is 2.18. The average molecular weight is 158 g/mol. The van der Waals surface area contributed by atoms with E-state index in [-0.39, 0.29) is 6.42 Å². The second-order valence-electron chi connectivity index (χ2n) is 3.02. The first-order valence-corrected chi connectivity index (χ1v) is 4.08. The van der Waals surface area contributed by atoms with E-state index < -0.39 is 5.97 Å². The monoisotopic (exact) mass is 158 g/mol. The Labute approximate surface area is 66.4 Å². The lowest BCUT2D eigenvalue weighted by Crippen LogP contribution is -2.18. The molecule has 0 spiro atoms. The lowest BCUT2D eigenvalue weighted by atomic mass is 9.97. The Balaban J connectivity index is 2.09. The van der Waals surface area contributed by atoms with Crippen LogP contribution in [0.4, 0.5) is 0 Å². The summed E-state index contributed by atoms with van der Waals surface area (Å²) in [6, 6.07) is 0. The summed E-state index contributed by atoms with van der Waals surface area (Å²) >= 11 is 0. The van der Waals surface area contributed by atoms with Crippen LogP contribution in [0.1, 0.15) is 25.7 Å². The van der Waals surface area contributed by atoms with Crippen molar-refractivity contribution < 1.29 is 14.6 Å². The van der Waals surface area contributed by atoms with Gasteiger partial charge in [0, 0.05) is 19.6 Å². The van der Waals surface area contributed by atoms with Crippen LogP contribution in [0.3, 0.4) is 0 Å². The van der Waals surface area contributed by atoms with E-state index in [1.165, 1.54) is 0 Å². The smallest absolute Gasteiger partial charge is 0.303 e. The lowest BCUT2D eigenvalue weighted by molar-refractivity contribution is -0.137. The first-order chi connectivity index (χ1) is 5.29. The molecule has 0 aromatic rings. The highest BCUT2D eigenvalue weighted by atomic mass is 16.5. The molecular weight excluding hydrogens is 144 g/mol. The molecule has 1 atom stereocenters. The van der Waals surface area contributed by atoms with Gasteiger partial charge in [-0.3, -0.25) is 4.79 Å². The molecule has 64 valence electrons. The molecule has 0 aromatic carbocycles. The van der Waals surface area contributed by atoms with E-state index in [2.05, 4.69) is 0 Å². The third-order valence-corrected chi connectivity index (χ3v) is 2.02. The molecule has 1 aliphatic rings. The van der Waals surface area contributed by atoms with E-state index >= 15 is 0 Å². The second-order valence-corrected chi connectivity index (χ2v) is 3.02. The van der Waals surface area contributed by atoms with E-state index in [0.717, 1.165) is 32.5 Å². The Kier molecular flexibility index (Phi) is 3.36. The first kappa shape index (κ1) is 8.53. The molecule has 11 heavy (non-hydrogen) atoms. The topological polar surface area (TPSA) is 46.5 Å². The molecule has 1 saturated heterocycles. The van der Waals surface area contributed by atoms with Crippen LogP contribution in [-0.4, -0.2) is 24.3 Å². The molecule has 0 aromatic heterocycles. The number of rotatable bonds is 3. The van der Waals surface area contributed by atoms with Crippen molar-refractivity contribution in [3.63, 3.8) is 0 Å². The Morgan fingerprint density at radius 3 is 3.00 bits per heavy atom. The zero-order valence-corrected chi connectivity index (χ0v) is 6.58. The standard InChI is InChI=1S/C8H14O3/c9-8(10)4-3-7-2-1-5-11-6-7/h7H,1-6H2,(H,9,10)/t7-/m0/s1. The van der Waals surface area contributed by atoms with Crippen molar-refractivity contribution in [1.82, 2.24) is 0 Å². The maximum absolute atomic E-state index is 10.2. The van der Waals surface area contributed by atoms with Crippen LogP contribution in [0.2, 0.25) is 0 Å². The molecule has 3 nitrogen and oxygen atoms in total. The van der Waals surface area contributed by atoms with Crippen molar-refractivity contribution in [2.24, 2.45) is 5.92 Å². The van der Waals surface area contributed by atoms with Gasteiger partial charge < -0.3 is 9.84 Å². The van der Waals surface area contributed by atoms with Gasteiger partial charge in [0.1, 0.15) is 0 Å². The summed E-state index contributed by atoms with van der Waals surface area (Å²) in [5.74, 6) is -0.213. The molecule has 0 aliphatic carbocycles. The van der Waals surface area contributed by atoms with E-state index in [9.17, 15) is 4.79 Å². The molecule has 1 fully saturated rings. The van der Waals surface area contributed by atoms with Gasteiger partial charge in [0.15, 0.2) is 0 Å². The third-order valence-electron chi connectivity index (χ3n) is 2.02. The molecule has 1 aliphatic heterocycles. The normalized spacial score (nSPS) is 24.9. The molecule has 0 unspecified atom stereocenters. The largest absolute Gasteiger partial charge is 0.481 e. The summed E-state index contributed by atoms with van der Waals surface area (Å²) < 4.78 is 5.22. The van der Waals surface area contributed by atoms with E-state index in [1.807, 2.05) is 0 Å². The van der Waals surface area contributed by atoms with Gasteiger partial charge in [0.25, 0.3) is 0 Å². The third kappa shape index (κ3) is 3.37. The van der Waals surface area contributed by atoms with Gasteiger partial charge in [-0.25, -0.2) is 0 Å². The Morgan fingerprint density at radius 2 is 2.45 bits per heavy atom. The highest BCUT2D eigenvalue weighted by Gasteiger charge is 2.14. The maximum Gasteiger partial charge on any atom is 0.303 e. The van der Waals surface area contributed by atoms with Crippen molar-refractivity contribution in [2.45, 2.75) is 25.7 Å². The van der Waals surface area contributed by atoms with Gasteiger partial charge >= 0.3 is 5.97 Å². The summed E-state index contributed by atoms with van der Waals surface area (Å²) in [5, 5.41) is 8.40. The van der Waals surface area contributed by atoms with E-state index in [4.69, 9.17) is 9.84 Å². The maximum atomic E-state index is 10.2. The Morgan fingerprint density at radius 1 is 1.64 bits per heavy atom. The van der Waals surface area contributed by atoms with Gasteiger partial charge in [-0.2, -0.15) is 0 Å². The minimum absolute atomic E-state index is 0.286. The Hall–Kier alpha value is -0.570. The summed E-state index contributed by atoms with van der Waals surface area (Å²) in [5.41, 5.74) is 0. The fourth-order valence-corrected chi connectivity index (χ4v) is 1.36.